The van der Waals surface area contributed by atoms with Gasteiger partial charge in [0, 0.05) is 17.5 Å². The van der Waals surface area contributed by atoms with Crippen LogP contribution in [0.5, 0.6) is 0 Å². The molecule has 4 nitrogen and oxygen atoms in total. The number of rotatable bonds is 1. The van der Waals surface area contributed by atoms with Crippen LogP contribution < -0.4 is 0 Å². The first-order valence-corrected chi connectivity index (χ1v) is 6.82. The first-order valence-electron chi connectivity index (χ1n) is 6.82. The predicted molar refractivity (Wildman–Crippen MR) is 72.6 cm³/mol. The highest BCUT2D eigenvalue weighted by Crippen LogP contribution is 2.27. The second-order valence-corrected chi connectivity index (χ2v) is 5.26. The van der Waals surface area contributed by atoms with Gasteiger partial charge >= 0.3 is 6.18 Å². The van der Waals surface area contributed by atoms with E-state index in [0.717, 1.165) is 5.39 Å². The monoisotopic (exact) mass is 313 g/mol. The Morgan fingerprint density at radius 3 is 2.82 bits per heavy atom. The fourth-order valence-electron chi connectivity index (χ4n) is 2.52. The lowest BCUT2D eigenvalue weighted by Gasteiger charge is -2.33. The summed E-state index contributed by atoms with van der Waals surface area (Å²) >= 11 is 0. The van der Waals surface area contributed by atoms with Crippen LogP contribution in [0, 0.1) is 6.92 Å². The Morgan fingerprint density at radius 2 is 2.09 bits per heavy atom. The molecule has 1 atom stereocenters. The van der Waals surface area contributed by atoms with Crippen molar-refractivity contribution in [3.05, 3.63) is 35.6 Å². The Hall–Kier alpha value is -2.02. The Balaban J connectivity index is 1.82. The Kier molecular flexibility index (Phi) is 3.60. The molecule has 2 aromatic rings. The average molecular weight is 313 g/mol. The van der Waals surface area contributed by atoms with Crippen LogP contribution in [-0.2, 0) is 4.74 Å². The van der Waals surface area contributed by atoms with E-state index in [4.69, 9.17) is 9.15 Å². The van der Waals surface area contributed by atoms with E-state index in [1.807, 2.05) is 0 Å². The van der Waals surface area contributed by atoms with Crippen molar-refractivity contribution >= 4 is 16.9 Å². The van der Waals surface area contributed by atoms with Gasteiger partial charge < -0.3 is 14.1 Å². The predicted octanol–water partition coefficient (Wildman–Crippen LogP) is 3.14. The molecule has 0 spiro atoms. The van der Waals surface area contributed by atoms with Crippen molar-refractivity contribution in [2.75, 3.05) is 19.7 Å². The molecule has 1 unspecified atom stereocenters. The summed E-state index contributed by atoms with van der Waals surface area (Å²) in [7, 11) is 0. The summed E-state index contributed by atoms with van der Waals surface area (Å²) < 4.78 is 48.3. The Bertz CT molecular complexity index is 708. The highest BCUT2D eigenvalue weighted by Gasteiger charge is 2.44. The molecule has 1 aromatic heterocycles. The second kappa shape index (κ2) is 5.31. The van der Waals surface area contributed by atoms with Gasteiger partial charge in [0.15, 0.2) is 6.10 Å². The Labute approximate surface area is 124 Å². The maximum atomic E-state index is 12.7. The van der Waals surface area contributed by atoms with Crippen LogP contribution in [0.4, 0.5) is 13.2 Å². The molecule has 7 heteroatoms. The van der Waals surface area contributed by atoms with E-state index in [1.54, 1.807) is 31.2 Å². The number of hydrogen-bond donors (Lipinski definition) is 0. The van der Waals surface area contributed by atoms with E-state index in [2.05, 4.69) is 0 Å². The van der Waals surface area contributed by atoms with Crippen LogP contribution in [0.2, 0.25) is 0 Å². The number of nitrogens with zero attached hydrogens (tertiary/aromatic N) is 1. The smallest absolute Gasteiger partial charge is 0.416 e. The molecule has 1 aliphatic heterocycles. The number of carbonyl (C=O) groups is 1. The minimum absolute atomic E-state index is 0.122. The first-order chi connectivity index (χ1) is 10.3. The van der Waals surface area contributed by atoms with Crippen molar-refractivity contribution < 1.29 is 27.1 Å². The summed E-state index contributed by atoms with van der Waals surface area (Å²) in [4.78, 5) is 13.6. The van der Waals surface area contributed by atoms with Crippen LogP contribution in [0.1, 0.15) is 16.1 Å². The summed E-state index contributed by atoms with van der Waals surface area (Å²) in [6.45, 7) is 1.33. The number of aryl methyl sites for hydroxylation is 1. The third kappa shape index (κ3) is 2.81. The van der Waals surface area contributed by atoms with E-state index in [1.165, 1.54) is 4.90 Å². The van der Waals surface area contributed by atoms with Crippen LogP contribution in [-0.4, -0.2) is 42.8 Å². The molecule has 0 aliphatic carbocycles. The number of carbonyl (C=O) groups excluding carboxylic acids is 1. The van der Waals surface area contributed by atoms with Crippen LogP contribution in [0.3, 0.4) is 0 Å². The van der Waals surface area contributed by atoms with Crippen molar-refractivity contribution in [1.29, 1.82) is 0 Å². The van der Waals surface area contributed by atoms with Gasteiger partial charge in [-0.3, -0.25) is 4.79 Å². The summed E-state index contributed by atoms with van der Waals surface area (Å²) in [6, 6.07) is 6.62. The maximum absolute atomic E-state index is 12.7. The van der Waals surface area contributed by atoms with Crippen LogP contribution in [0.15, 0.2) is 28.7 Å². The SMILES string of the molecule is Cc1cc2cc(C(=O)N3CCOC(C(F)(F)F)C3)ccc2o1. The van der Waals surface area contributed by atoms with Gasteiger partial charge in [0.2, 0.25) is 0 Å². The zero-order chi connectivity index (χ0) is 15.9. The normalized spacial score (nSPS) is 19.6. The van der Waals surface area contributed by atoms with E-state index in [-0.39, 0.29) is 13.2 Å². The highest BCUT2D eigenvalue weighted by molar-refractivity contribution is 5.97. The van der Waals surface area contributed by atoms with Crippen molar-refractivity contribution in [2.24, 2.45) is 0 Å². The molecule has 1 amide bonds. The fraction of sp³-hybridized carbons (Fsp3) is 0.400. The molecule has 3 rings (SSSR count). The standard InChI is InChI=1S/C15H14F3NO3/c1-9-6-11-7-10(2-3-12(11)22-9)14(20)19-4-5-21-13(8-19)15(16,17)18/h2-3,6-7,13H,4-5,8H2,1H3. The molecular weight excluding hydrogens is 299 g/mol. The van der Waals surface area contributed by atoms with E-state index < -0.39 is 24.7 Å². The molecule has 0 N–H and O–H groups in total. The zero-order valence-electron chi connectivity index (χ0n) is 11.8. The van der Waals surface area contributed by atoms with Crippen molar-refractivity contribution in [3.8, 4) is 0 Å². The minimum atomic E-state index is -4.47. The maximum Gasteiger partial charge on any atom is 0.416 e. The lowest BCUT2D eigenvalue weighted by Crippen LogP contribution is -2.51. The number of ether oxygens (including phenoxy) is 1. The topological polar surface area (TPSA) is 42.7 Å². The highest BCUT2D eigenvalue weighted by atomic mass is 19.4. The van der Waals surface area contributed by atoms with Gasteiger partial charge in [-0.05, 0) is 31.2 Å². The quantitative estimate of drug-likeness (QED) is 0.812. The number of hydrogen-bond acceptors (Lipinski definition) is 3. The third-order valence-electron chi connectivity index (χ3n) is 3.61. The number of amides is 1. The lowest BCUT2D eigenvalue weighted by atomic mass is 10.1. The second-order valence-electron chi connectivity index (χ2n) is 5.26. The lowest BCUT2D eigenvalue weighted by molar-refractivity contribution is -0.233. The molecule has 0 bridgehead atoms. The number of alkyl halides is 3. The molecule has 1 saturated heterocycles. The number of fused-ring (bicyclic) bond motifs is 1. The number of furan rings is 1. The number of morpholine rings is 1. The molecule has 1 aromatic carbocycles. The molecule has 0 saturated carbocycles. The van der Waals surface area contributed by atoms with Crippen LogP contribution in [0.25, 0.3) is 11.0 Å². The van der Waals surface area contributed by atoms with Crippen molar-refractivity contribution in [2.45, 2.75) is 19.2 Å². The van der Waals surface area contributed by atoms with Gasteiger partial charge in [-0.2, -0.15) is 13.2 Å². The van der Waals surface area contributed by atoms with Gasteiger partial charge in [-0.15, -0.1) is 0 Å². The molecule has 2 heterocycles. The van der Waals surface area contributed by atoms with E-state index in [0.29, 0.717) is 16.9 Å². The summed E-state index contributed by atoms with van der Waals surface area (Å²) in [5.41, 5.74) is 0.986. The van der Waals surface area contributed by atoms with Crippen molar-refractivity contribution in [1.82, 2.24) is 4.90 Å². The number of benzene rings is 1. The largest absolute Gasteiger partial charge is 0.461 e. The minimum Gasteiger partial charge on any atom is -0.461 e. The van der Waals surface area contributed by atoms with E-state index >= 15 is 0 Å². The average Bonchev–Trinajstić information content (AvgIpc) is 2.84. The molecule has 1 aliphatic rings. The summed E-state index contributed by atoms with van der Waals surface area (Å²) in [6.07, 6.45) is -6.39. The van der Waals surface area contributed by atoms with Gasteiger partial charge in [0.05, 0.1) is 13.2 Å². The summed E-state index contributed by atoms with van der Waals surface area (Å²) in [5, 5.41) is 0.754. The van der Waals surface area contributed by atoms with Crippen LogP contribution >= 0.6 is 0 Å². The molecule has 0 radical (unpaired) electrons. The van der Waals surface area contributed by atoms with Crippen molar-refractivity contribution in [3.63, 3.8) is 0 Å². The third-order valence-corrected chi connectivity index (χ3v) is 3.61. The molecule has 22 heavy (non-hydrogen) atoms. The zero-order valence-corrected chi connectivity index (χ0v) is 11.8. The van der Waals surface area contributed by atoms with Gasteiger partial charge in [0.1, 0.15) is 11.3 Å². The van der Waals surface area contributed by atoms with Gasteiger partial charge in [-0.25, -0.2) is 0 Å². The number of halogens is 3. The first kappa shape index (κ1) is 14.9. The fourth-order valence-corrected chi connectivity index (χ4v) is 2.52. The molecule has 1 fully saturated rings. The Morgan fingerprint density at radius 1 is 1.32 bits per heavy atom. The van der Waals surface area contributed by atoms with E-state index in [9.17, 15) is 18.0 Å². The molecule has 118 valence electrons. The molecular formula is C15H14F3NO3. The van der Waals surface area contributed by atoms with Gasteiger partial charge in [0.25, 0.3) is 5.91 Å². The van der Waals surface area contributed by atoms with Gasteiger partial charge in [-0.1, -0.05) is 0 Å². The summed E-state index contributed by atoms with van der Waals surface area (Å²) in [5.74, 6) is 0.279.